The Hall–Kier alpha value is -1.66. The van der Waals surface area contributed by atoms with E-state index in [1.807, 2.05) is 33.8 Å². The van der Waals surface area contributed by atoms with Gasteiger partial charge in [-0.15, -0.1) is 0 Å². The summed E-state index contributed by atoms with van der Waals surface area (Å²) in [6.45, 7) is 12.1. The maximum atomic E-state index is 12.9. The van der Waals surface area contributed by atoms with Gasteiger partial charge in [0.15, 0.2) is 0 Å². The molecule has 1 aromatic rings. The molecule has 1 N–H and O–H groups in total. The van der Waals surface area contributed by atoms with E-state index in [0.29, 0.717) is 44.4 Å². The molecule has 1 amide bonds. The highest BCUT2D eigenvalue weighted by molar-refractivity contribution is 5.97. The number of carbonyl (C=O) groups excluding carboxylic acids is 1. The molecule has 0 unspecified atom stereocenters. The van der Waals surface area contributed by atoms with Crippen molar-refractivity contribution in [1.29, 1.82) is 0 Å². The van der Waals surface area contributed by atoms with E-state index >= 15 is 0 Å². The van der Waals surface area contributed by atoms with Gasteiger partial charge in [0.1, 0.15) is 12.2 Å². The van der Waals surface area contributed by atoms with Crippen LogP contribution in [0.3, 0.4) is 0 Å². The van der Waals surface area contributed by atoms with Crippen LogP contribution in [0.15, 0.2) is 12.3 Å². The quantitative estimate of drug-likeness (QED) is 0.481. The highest BCUT2D eigenvalue weighted by Crippen LogP contribution is 2.24. The third-order valence-corrected chi connectivity index (χ3v) is 4.32. The summed E-state index contributed by atoms with van der Waals surface area (Å²) in [5.74, 6) is 0.430. The van der Waals surface area contributed by atoms with Crippen LogP contribution in [0.5, 0.6) is 5.88 Å². The molecule has 0 saturated heterocycles. The maximum absolute atomic E-state index is 12.9. The molecule has 27 heavy (non-hydrogen) atoms. The summed E-state index contributed by atoms with van der Waals surface area (Å²) >= 11 is 0. The topological polar surface area (TPSA) is 69.7 Å². The number of ether oxygens (including phenoxy) is 3. The Labute approximate surface area is 164 Å². The second-order valence-corrected chi connectivity index (χ2v) is 6.88. The number of hydrogen-bond donors (Lipinski definition) is 1. The number of rotatable bonds is 14. The lowest BCUT2D eigenvalue weighted by Crippen LogP contribution is -2.43. The predicted octanol–water partition coefficient (Wildman–Crippen LogP) is 4.51. The third-order valence-electron chi connectivity index (χ3n) is 4.32. The smallest absolute Gasteiger partial charge is 0.256 e. The number of unbranched alkanes of at least 4 members (excludes halogenated alkanes) is 2. The van der Waals surface area contributed by atoms with Gasteiger partial charge >= 0.3 is 0 Å². The van der Waals surface area contributed by atoms with Crippen LogP contribution in [0, 0.1) is 6.92 Å². The number of aromatic nitrogens is 1. The summed E-state index contributed by atoms with van der Waals surface area (Å²) in [6.07, 6.45) is 6.37. The van der Waals surface area contributed by atoms with Crippen LogP contribution < -0.4 is 10.1 Å². The fourth-order valence-electron chi connectivity index (χ4n) is 2.68. The minimum Gasteiger partial charge on any atom is -0.475 e. The summed E-state index contributed by atoms with van der Waals surface area (Å²) < 4.78 is 16.8. The third kappa shape index (κ3) is 8.26. The Morgan fingerprint density at radius 1 is 1.15 bits per heavy atom. The van der Waals surface area contributed by atoms with E-state index in [9.17, 15) is 4.79 Å². The van der Waals surface area contributed by atoms with E-state index < -0.39 is 5.60 Å². The average molecular weight is 381 g/mol. The molecular weight excluding hydrogens is 344 g/mol. The molecule has 1 aromatic heterocycles. The zero-order valence-corrected chi connectivity index (χ0v) is 17.6. The standard InChI is InChI=1S/C21H36N2O4/c1-6-9-10-11-21(5,27-12-7-2)20(24)23-18-15-17(4)19(22-16-18)26-14-13-25-8-3/h15-16H,6-14H2,1-5H3,(H,23,24)/t21-/m1/s1. The minimum atomic E-state index is -0.828. The van der Waals surface area contributed by atoms with Gasteiger partial charge in [0.25, 0.3) is 5.91 Å². The van der Waals surface area contributed by atoms with Crippen molar-refractivity contribution in [2.75, 3.05) is 31.7 Å². The number of nitrogens with one attached hydrogen (secondary N) is 1. The molecular formula is C21H36N2O4. The van der Waals surface area contributed by atoms with Gasteiger partial charge in [-0.25, -0.2) is 4.98 Å². The van der Waals surface area contributed by atoms with Crippen LogP contribution in [0.2, 0.25) is 0 Å². The number of anilines is 1. The number of hydrogen-bond acceptors (Lipinski definition) is 5. The fraction of sp³-hybridized carbons (Fsp3) is 0.714. The van der Waals surface area contributed by atoms with Gasteiger partial charge in [0.05, 0.1) is 18.5 Å². The Balaban J connectivity index is 2.72. The van der Waals surface area contributed by atoms with E-state index in [1.54, 1.807) is 6.20 Å². The zero-order valence-electron chi connectivity index (χ0n) is 17.6. The van der Waals surface area contributed by atoms with Crippen LogP contribution in [0.1, 0.15) is 65.4 Å². The average Bonchev–Trinajstić information content (AvgIpc) is 2.65. The monoisotopic (exact) mass is 380 g/mol. The van der Waals surface area contributed by atoms with E-state index in [-0.39, 0.29) is 5.91 Å². The predicted molar refractivity (Wildman–Crippen MR) is 108 cm³/mol. The first-order chi connectivity index (χ1) is 13.0. The van der Waals surface area contributed by atoms with Crippen molar-refractivity contribution < 1.29 is 19.0 Å². The highest BCUT2D eigenvalue weighted by Gasteiger charge is 2.33. The summed E-state index contributed by atoms with van der Waals surface area (Å²) in [5, 5.41) is 2.96. The Bertz CT molecular complexity index is 565. The lowest BCUT2D eigenvalue weighted by Gasteiger charge is -2.28. The molecule has 154 valence electrons. The van der Waals surface area contributed by atoms with Crippen molar-refractivity contribution in [2.24, 2.45) is 0 Å². The molecule has 0 spiro atoms. The van der Waals surface area contributed by atoms with Gasteiger partial charge in [-0.05, 0) is 39.7 Å². The SMILES string of the molecule is CCCCC[C@@](C)(OCCC)C(=O)Nc1cnc(OCCOCC)c(C)c1. The molecule has 0 aliphatic heterocycles. The van der Waals surface area contributed by atoms with Gasteiger partial charge in [-0.1, -0.05) is 33.1 Å². The first kappa shape index (κ1) is 23.4. The molecule has 6 heteroatoms. The lowest BCUT2D eigenvalue weighted by atomic mass is 9.96. The largest absolute Gasteiger partial charge is 0.475 e. The van der Waals surface area contributed by atoms with Gasteiger partial charge in [0, 0.05) is 18.8 Å². The van der Waals surface area contributed by atoms with Crippen LogP contribution in [0.4, 0.5) is 5.69 Å². The second-order valence-electron chi connectivity index (χ2n) is 6.88. The molecule has 1 heterocycles. The second kappa shape index (κ2) is 12.7. The van der Waals surface area contributed by atoms with Crippen molar-refractivity contribution >= 4 is 11.6 Å². The molecule has 6 nitrogen and oxygen atoms in total. The molecule has 1 rings (SSSR count). The molecule has 0 aromatic carbocycles. The van der Waals surface area contributed by atoms with Crippen LogP contribution in [-0.2, 0) is 14.3 Å². The summed E-state index contributed by atoms with van der Waals surface area (Å²) in [7, 11) is 0. The Morgan fingerprint density at radius 3 is 2.56 bits per heavy atom. The fourth-order valence-corrected chi connectivity index (χ4v) is 2.68. The van der Waals surface area contributed by atoms with Gasteiger partial charge in [-0.3, -0.25) is 4.79 Å². The molecule has 0 aliphatic rings. The first-order valence-corrected chi connectivity index (χ1v) is 10.1. The normalized spacial score (nSPS) is 13.2. The van der Waals surface area contributed by atoms with E-state index in [1.165, 1.54) is 0 Å². The van der Waals surface area contributed by atoms with E-state index in [2.05, 4.69) is 17.2 Å². The minimum absolute atomic E-state index is 0.127. The Morgan fingerprint density at radius 2 is 1.93 bits per heavy atom. The van der Waals surface area contributed by atoms with Crippen LogP contribution >= 0.6 is 0 Å². The molecule has 0 bridgehead atoms. The van der Waals surface area contributed by atoms with Gasteiger partial charge in [-0.2, -0.15) is 0 Å². The van der Waals surface area contributed by atoms with Crippen molar-refractivity contribution in [3.05, 3.63) is 17.8 Å². The number of carbonyl (C=O) groups is 1. The van der Waals surface area contributed by atoms with Crippen LogP contribution in [-0.4, -0.2) is 42.9 Å². The number of aryl methyl sites for hydroxylation is 1. The van der Waals surface area contributed by atoms with Crippen molar-refractivity contribution in [2.45, 2.75) is 72.3 Å². The first-order valence-electron chi connectivity index (χ1n) is 10.1. The van der Waals surface area contributed by atoms with E-state index in [0.717, 1.165) is 31.2 Å². The summed E-state index contributed by atoms with van der Waals surface area (Å²) in [4.78, 5) is 17.2. The van der Waals surface area contributed by atoms with Crippen molar-refractivity contribution in [3.8, 4) is 5.88 Å². The van der Waals surface area contributed by atoms with Crippen molar-refractivity contribution in [1.82, 2.24) is 4.98 Å². The molecule has 1 atom stereocenters. The number of nitrogens with zero attached hydrogens (tertiary/aromatic N) is 1. The van der Waals surface area contributed by atoms with Crippen LogP contribution in [0.25, 0.3) is 0 Å². The zero-order chi connectivity index (χ0) is 20.1. The maximum Gasteiger partial charge on any atom is 0.256 e. The Kier molecular flexibility index (Phi) is 11.0. The lowest BCUT2D eigenvalue weighted by molar-refractivity contribution is -0.140. The number of pyridine rings is 1. The molecule has 0 radical (unpaired) electrons. The van der Waals surface area contributed by atoms with Crippen molar-refractivity contribution in [3.63, 3.8) is 0 Å². The van der Waals surface area contributed by atoms with E-state index in [4.69, 9.17) is 14.2 Å². The molecule has 0 aliphatic carbocycles. The number of amides is 1. The molecule has 0 fully saturated rings. The molecule has 0 saturated carbocycles. The summed E-state index contributed by atoms with van der Waals surface area (Å²) in [6, 6.07) is 1.87. The van der Waals surface area contributed by atoms with Gasteiger partial charge < -0.3 is 19.5 Å². The highest BCUT2D eigenvalue weighted by atomic mass is 16.5. The summed E-state index contributed by atoms with van der Waals surface area (Å²) in [5.41, 5.74) is 0.689. The van der Waals surface area contributed by atoms with Gasteiger partial charge in [0.2, 0.25) is 5.88 Å².